The Morgan fingerprint density at radius 3 is 2.41 bits per heavy atom. The minimum absolute atomic E-state index is 0.0733. The largest absolute Gasteiger partial charge is 0.316 e. The van der Waals surface area contributed by atoms with Gasteiger partial charge >= 0.3 is 0 Å². The van der Waals surface area contributed by atoms with Crippen LogP contribution in [0.2, 0.25) is 0 Å². The molecule has 0 bridgehead atoms. The van der Waals surface area contributed by atoms with Gasteiger partial charge in [-0.25, -0.2) is 8.42 Å². The van der Waals surface area contributed by atoms with Crippen molar-refractivity contribution in [3.63, 3.8) is 0 Å². The third kappa shape index (κ3) is 4.09. The summed E-state index contributed by atoms with van der Waals surface area (Å²) < 4.78 is 24.1. The smallest absolute Gasteiger partial charge is 0.248 e. The fourth-order valence-corrected chi connectivity index (χ4v) is 7.44. The second kappa shape index (κ2) is 7.48. The summed E-state index contributed by atoms with van der Waals surface area (Å²) in [6.45, 7) is 0. The van der Waals surface area contributed by atoms with Gasteiger partial charge in [0.2, 0.25) is 5.91 Å². The lowest BCUT2D eigenvalue weighted by atomic mass is 10.1. The van der Waals surface area contributed by atoms with E-state index in [1.807, 2.05) is 65.6 Å². The number of carbonyl (C=O) groups is 1. The van der Waals surface area contributed by atoms with Crippen LogP contribution < -0.4 is 4.90 Å². The van der Waals surface area contributed by atoms with Crippen molar-refractivity contribution in [1.29, 1.82) is 0 Å². The van der Waals surface area contributed by atoms with E-state index in [4.69, 9.17) is 0 Å². The maximum atomic E-state index is 12.5. The number of carbonyl (C=O) groups excluding carboxylic acids is 1. The summed E-state index contributed by atoms with van der Waals surface area (Å²) in [6.07, 6.45) is 0.984. The van der Waals surface area contributed by atoms with Gasteiger partial charge < -0.3 is 4.90 Å². The Hall–Kier alpha value is -2.12. The molecule has 7 heteroatoms. The van der Waals surface area contributed by atoms with Crippen LogP contribution in [-0.4, -0.2) is 42.3 Å². The molecule has 27 heavy (non-hydrogen) atoms. The second-order valence-electron chi connectivity index (χ2n) is 6.78. The molecular formula is C20H20N2O3S2. The molecule has 1 amide bonds. The number of aryl methyl sites for hydroxylation is 1. The Kier molecular flexibility index (Phi) is 5.06. The number of rotatable bonds is 4. The average molecular weight is 401 g/mol. The van der Waals surface area contributed by atoms with Crippen molar-refractivity contribution in [2.45, 2.75) is 24.1 Å². The number of aliphatic imine (C=N–C) groups is 1. The molecule has 0 saturated carbocycles. The van der Waals surface area contributed by atoms with Crippen LogP contribution in [0.5, 0.6) is 0 Å². The average Bonchev–Trinajstić information content (AvgIpc) is 3.12. The van der Waals surface area contributed by atoms with Crippen LogP contribution in [0, 0.1) is 0 Å². The number of thioether (sulfide) groups is 1. The number of hydrogen-bond acceptors (Lipinski definition) is 4. The maximum absolute atomic E-state index is 12.5. The molecule has 2 aliphatic rings. The third-order valence-corrected chi connectivity index (χ3v) is 8.00. The molecule has 140 valence electrons. The summed E-state index contributed by atoms with van der Waals surface area (Å²) >= 11 is 1.41. The molecule has 4 rings (SSSR count). The Bertz CT molecular complexity index is 959. The fraction of sp³-hybridized carbons (Fsp3) is 0.300. The Morgan fingerprint density at radius 1 is 1.04 bits per heavy atom. The van der Waals surface area contributed by atoms with E-state index in [9.17, 15) is 13.2 Å². The lowest BCUT2D eigenvalue weighted by molar-refractivity contribution is -0.117. The van der Waals surface area contributed by atoms with Gasteiger partial charge in [-0.15, -0.1) is 0 Å². The molecule has 2 fully saturated rings. The SMILES string of the molecule is O=C(CCc1ccccc1)N=C1S[C@@H]2CS(=O)(=O)C[C@H]2N1c1ccccc1. The molecule has 2 heterocycles. The molecule has 0 radical (unpaired) electrons. The first-order chi connectivity index (χ1) is 13.0. The van der Waals surface area contributed by atoms with Crippen molar-refractivity contribution in [3.05, 3.63) is 66.2 Å². The molecule has 2 aromatic carbocycles. The van der Waals surface area contributed by atoms with Crippen LogP contribution in [0.25, 0.3) is 0 Å². The third-order valence-electron chi connectivity index (χ3n) is 4.79. The van der Waals surface area contributed by atoms with Crippen LogP contribution in [0.4, 0.5) is 5.69 Å². The number of nitrogens with zero attached hydrogens (tertiary/aromatic N) is 2. The highest BCUT2D eigenvalue weighted by Crippen LogP contribution is 2.40. The number of benzene rings is 2. The first-order valence-corrected chi connectivity index (χ1v) is 11.6. The molecule has 0 N–H and O–H groups in total. The van der Waals surface area contributed by atoms with E-state index >= 15 is 0 Å². The van der Waals surface area contributed by atoms with E-state index < -0.39 is 9.84 Å². The van der Waals surface area contributed by atoms with Crippen molar-refractivity contribution in [3.8, 4) is 0 Å². The summed E-state index contributed by atoms with van der Waals surface area (Å²) in [7, 11) is -3.05. The van der Waals surface area contributed by atoms with Gasteiger partial charge in [0.15, 0.2) is 15.0 Å². The molecule has 5 nitrogen and oxygen atoms in total. The molecule has 0 aliphatic carbocycles. The number of fused-ring (bicyclic) bond motifs is 1. The number of amidine groups is 1. The summed E-state index contributed by atoms with van der Waals surface area (Å²) in [5.74, 6) is 0.0739. The van der Waals surface area contributed by atoms with Crippen molar-refractivity contribution in [1.82, 2.24) is 0 Å². The zero-order valence-corrected chi connectivity index (χ0v) is 16.3. The number of anilines is 1. The molecule has 2 saturated heterocycles. The quantitative estimate of drug-likeness (QED) is 0.789. The standard InChI is InChI=1S/C20H20N2O3S2/c23-19(12-11-15-7-3-1-4-8-15)21-20-22(16-9-5-2-6-10-16)17-13-27(24,25)14-18(17)26-20/h1-10,17-18H,11-14H2/t17-,18-/m1/s1. The highest BCUT2D eigenvalue weighted by Gasteiger charge is 2.49. The van der Waals surface area contributed by atoms with E-state index in [0.29, 0.717) is 18.0 Å². The van der Waals surface area contributed by atoms with E-state index in [0.717, 1.165) is 11.3 Å². The van der Waals surface area contributed by atoms with Gasteiger partial charge in [0.25, 0.3) is 0 Å². The van der Waals surface area contributed by atoms with Gasteiger partial charge in [0, 0.05) is 17.4 Å². The summed E-state index contributed by atoms with van der Waals surface area (Å²) in [5.41, 5.74) is 1.98. The number of amides is 1. The van der Waals surface area contributed by atoms with Gasteiger partial charge in [-0.05, 0) is 24.1 Å². The van der Waals surface area contributed by atoms with Crippen LogP contribution in [0.1, 0.15) is 12.0 Å². The number of hydrogen-bond donors (Lipinski definition) is 0. The monoisotopic (exact) mass is 400 g/mol. The predicted molar refractivity (Wildman–Crippen MR) is 110 cm³/mol. The van der Waals surface area contributed by atoms with E-state index in [-0.39, 0.29) is 28.7 Å². The second-order valence-corrected chi connectivity index (χ2v) is 10.1. The first kappa shape index (κ1) is 18.3. The fourth-order valence-electron chi connectivity index (χ4n) is 3.51. The Balaban J connectivity index is 1.55. The predicted octanol–water partition coefficient (Wildman–Crippen LogP) is 2.92. The van der Waals surface area contributed by atoms with Crippen LogP contribution in [0.3, 0.4) is 0 Å². The molecule has 2 atom stereocenters. The topological polar surface area (TPSA) is 66.8 Å². The van der Waals surface area contributed by atoms with E-state index in [1.54, 1.807) is 0 Å². The molecule has 0 aromatic heterocycles. The van der Waals surface area contributed by atoms with Crippen molar-refractivity contribution in [2.24, 2.45) is 4.99 Å². The van der Waals surface area contributed by atoms with E-state index in [2.05, 4.69) is 4.99 Å². The lowest BCUT2D eigenvalue weighted by Gasteiger charge is -2.24. The normalized spacial score (nSPS) is 24.9. The highest BCUT2D eigenvalue weighted by atomic mass is 32.2. The van der Waals surface area contributed by atoms with Gasteiger partial charge in [0.05, 0.1) is 17.5 Å². The van der Waals surface area contributed by atoms with Crippen LogP contribution in [-0.2, 0) is 21.1 Å². The van der Waals surface area contributed by atoms with E-state index in [1.165, 1.54) is 11.8 Å². The molecule has 0 spiro atoms. The summed E-state index contributed by atoms with van der Waals surface area (Å²) in [6, 6.07) is 19.3. The van der Waals surface area contributed by atoms with Crippen molar-refractivity contribution < 1.29 is 13.2 Å². The minimum Gasteiger partial charge on any atom is -0.316 e. The van der Waals surface area contributed by atoms with Gasteiger partial charge in [0.1, 0.15) is 0 Å². The summed E-state index contributed by atoms with van der Waals surface area (Å²) in [5, 5.41) is 0.542. The van der Waals surface area contributed by atoms with Crippen LogP contribution >= 0.6 is 11.8 Å². The Morgan fingerprint density at radius 2 is 1.70 bits per heavy atom. The first-order valence-electron chi connectivity index (χ1n) is 8.89. The lowest BCUT2D eigenvalue weighted by Crippen LogP contribution is -2.37. The van der Waals surface area contributed by atoms with Crippen molar-refractivity contribution in [2.75, 3.05) is 16.4 Å². The van der Waals surface area contributed by atoms with Crippen molar-refractivity contribution >= 4 is 38.4 Å². The molecule has 0 unspecified atom stereocenters. The molecule has 2 aliphatic heterocycles. The highest BCUT2D eigenvalue weighted by molar-refractivity contribution is 8.16. The Labute approximate surface area is 163 Å². The zero-order valence-electron chi connectivity index (χ0n) is 14.7. The van der Waals surface area contributed by atoms with Gasteiger partial charge in [-0.1, -0.05) is 60.3 Å². The minimum atomic E-state index is -3.05. The summed E-state index contributed by atoms with van der Waals surface area (Å²) in [4.78, 5) is 18.7. The molecular weight excluding hydrogens is 380 g/mol. The number of para-hydroxylation sites is 1. The molecule has 2 aromatic rings. The van der Waals surface area contributed by atoms with Gasteiger partial charge in [-0.2, -0.15) is 4.99 Å². The van der Waals surface area contributed by atoms with Crippen LogP contribution in [0.15, 0.2) is 65.7 Å². The van der Waals surface area contributed by atoms with Gasteiger partial charge in [-0.3, -0.25) is 4.79 Å². The number of sulfone groups is 1. The maximum Gasteiger partial charge on any atom is 0.248 e. The zero-order chi connectivity index (χ0) is 18.9.